The van der Waals surface area contributed by atoms with Gasteiger partial charge in [-0.05, 0) is 20.8 Å². The fourth-order valence-corrected chi connectivity index (χ4v) is 1.34. The number of hydrogen-bond acceptors (Lipinski definition) is 4. The molecule has 0 aliphatic rings. The van der Waals surface area contributed by atoms with Crippen molar-refractivity contribution in [2.24, 2.45) is 5.41 Å². The second-order valence-corrected chi connectivity index (χ2v) is 4.22. The molecule has 0 amide bonds. The Morgan fingerprint density at radius 3 is 2.67 bits per heavy atom. The fourth-order valence-electron chi connectivity index (χ4n) is 1.34. The molecule has 0 saturated heterocycles. The predicted octanol–water partition coefficient (Wildman–Crippen LogP) is 0.973. The minimum absolute atomic E-state index is 0.254. The Morgan fingerprint density at radius 2 is 2.27 bits per heavy atom. The van der Waals surface area contributed by atoms with Crippen LogP contribution in [0.4, 0.5) is 5.69 Å². The third-order valence-electron chi connectivity index (χ3n) is 2.42. The molecule has 5 heteroatoms. The van der Waals surface area contributed by atoms with Crippen molar-refractivity contribution in [2.75, 3.05) is 12.8 Å². The second kappa shape index (κ2) is 3.92. The summed E-state index contributed by atoms with van der Waals surface area (Å²) in [6, 6.07) is 0. The van der Waals surface area contributed by atoms with Crippen molar-refractivity contribution >= 4 is 11.7 Å². The Hall–Kier alpha value is -1.52. The summed E-state index contributed by atoms with van der Waals surface area (Å²) in [5, 5.41) is 4.10. The standard InChI is InChI=1S/C10H17N3O2/c1-7-8(11)5-12-13(7)6-10(2,3)9(14)15-4/h5H,6,11H2,1-4H3. The Morgan fingerprint density at radius 1 is 1.67 bits per heavy atom. The minimum atomic E-state index is -0.599. The Bertz CT molecular complexity index is 369. The monoisotopic (exact) mass is 211 g/mol. The lowest BCUT2D eigenvalue weighted by Gasteiger charge is -2.21. The van der Waals surface area contributed by atoms with Gasteiger partial charge in [-0.15, -0.1) is 0 Å². The number of anilines is 1. The van der Waals surface area contributed by atoms with Crippen molar-refractivity contribution in [3.05, 3.63) is 11.9 Å². The van der Waals surface area contributed by atoms with E-state index in [0.29, 0.717) is 12.2 Å². The Balaban J connectivity index is 2.86. The molecule has 0 atom stereocenters. The average Bonchev–Trinajstić information content (AvgIpc) is 2.48. The smallest absolute Gasteiger partial charge is 0.313 e. The molecule has 5 nitrogen and oxygen atoms in total. The van der Waals surface area contributed by atoms with Gasteiger partial charge in [0.15, 0.2) is 0 Å². The molecule has 84 valence electrons. The van der Waals surface area contributed by atoms with Crippen molar-refractivity contribution < 1.29 is 9.53 Å². The highest BCUT2D eigenvalue weighted by Gasteiger charge is 2.30. The maximum absolute atomic E-state index is 11.5. The molecule has 0 fully saturated rings. The number of nitrogen functional groups attached to an aromatic ring is 1. The van der Waals surface area contributed by atoms with Crippen molar-refractivity contribution in [1.82, 2.24) is 9.78 Å². The van der Waals surface area contributed by atoms with Gasteiger partial charge in [0.1, 0.15) is 0 Å². The maximum Gasteiger partial charge on any atom is 0.313 e. The molecule has 1 aromatic rings. The van der Waals surface area contributed by atoms with Crippen molar-refractivity contribution in [1.29, 1.82) is 0 Å². The second-order valence-electron chi connectivity index (χ2n) is 4.22. The molecule has 0 spiro atoms. The maximum atomic E-state index is 11.5. The molecule has 15 heavy (non-hydrogen) atoms. The quantitative estimate of drug-likeness (QED) is 0.756. The van der Waals surface area contributed by atoms with Crippen LogP contribution in [0.2, 0.25) is 0 Å². The highest BCUT2D eigenvalue weighted by atomic mass is 16.5. The van der Waals surface area contributed by atoms with Crippen LogP contribution < -0.4 is 5.73 Å². The number of carbonyl (C=O) groups excluding carboxylic acids is 1. The van der Waals surface area contributed by atoms with Gasteiger partial charge in [-0.3, -0.25) is 9.48 Å². The zero-order chi connectivity index (χ0) is 11.6. The minimum Gasteiger partial charge on any atom is -0.469 e. The molecule has 0 bridgehead atoms. The Kier molecular flexibility index (Phi) is 3.02. The predicted molar refractivity (Wildman–Crippen MR) is 57.2 cm³/mol. The van der Waals surface area contributed by atoms with Crippen LogP contribution in [0.5, 0.6) is 0 Å². The van der Waals surface area contributed by atoms with Gasteiger partial charge in [0.2, 0.25) is 0 Å². The fraction of sp³-hybridized carbons (Fsp3) is 0.600. The van der Waals surface area contributed by atoms with Crippen LogP contribution >= 0.6 is 0 Å². The average molecular weight is 211 g/mol. The number of hydrogen-bond donors (Lipinski definition) is 1. The molecule has 1 heterocycles. The summed E-state index contributed by atoms with van der Waals surface area (Å²) in [7, 11) is 1.38. The number of aromatic nitrogens is 2. The lowest BCUT2D eigenvalue weighted by molar-refractivity contribution is -0.151. The number of rotatable bonds is 3. The first-order chi connectivity index (χ1) is 6.88. The topological polar surface area (TPSA) is 70.1 Å². The zero-order valence-corrected chi connectivity index (χ0v) is 9.57. The summed E-state index contributed by atoms with van der Waals surface area (Å²) in [6.07, 6.45) is 1.59. The van der Waals surface area contributed by atoms with E-state index >= 15 is 0 Å². The lowest BCUT2D eigenvalue weighted by Crippen LogP contribution is -2.31. The third kappa shape index (κ3) is 2.29. The highest BCUT2D eigenvalue weighted by molar-refractivity contribution is 5.75. The lowest BCUT2D eigenvalue weighted by atomic mass is 9.94. The summed E-state index contributed by atoms with van der Waals surface area (Å²) in [6.45, 7) is 5.96. The molecule has 0 saturated carbocycles. The van der Waals surface area contributed by atoms with E-state index in [2.05, 4.69) is 5.10 Å². The van der Waals surface area contributed by atoms with Crippen LogP contribution in [0.25, 0.3) is 0 Å². The molecule has 0 aliphatic carbocycles. The normalized spacial score (nSPS) is 11.5. The van der Waals surface area contributed by atoms with Gasteiger partial charge in [0, 0.05) is 0 Å². The molecule has 0 aromatic carbocycles. The molecule has 1 aromatic heterocycles. The zero-order valence-electron chi connectivity index (χ0n) is 9.57. The third-order valence-corrected chi connectivity index (χ3v) is 2.42. The molecule has 1 rings (SSSR count). The summed E-state index contributed by atoms with van der Waals surface area (Å²) in [5.74, 6) is -0.254. The van der Waals surface area contributed by atoms with Crippen LogP contribution in [0, 0.1) is 12.3 Å². The van der Waals surface area contributed by atoms with Gasteiger partial charge in [-0.25, -0.2) is 0 Å². The van der Waals surface area contributed by atoms with Crippen LogP contribution in [0.15, 0.2) is 6.20 Å². The van der Waals surface area contributed by atoms with E-state index in [1.54, 1.807) is 10.9 Å². The van der Waals surface area contributed by atoms with Gasteiger partial charge in [0.25, 0.3) is 0 Å². The van der Waals surface area contributed by atoms with Crippen LogP contribution in [0.1, 0.15) is 19.5 Å². The molecular formula is C10H17N3O2. The molecule has 2 N–H and O–H groups in total. The molecule has 0 unspecified atom stereocenters. The van der Waals surface area contributed by atoms with Gasteiger partial charge in [-0.2, -0.15) is 5.10 Å². The van der Waals surface area contributed by atoms with E-state index < -0.39 is 5.41 Å². The van der Waals surface area contributed by atoms with E-state index in [1.165, 1.54) is 7.11 Å². The van der Waals surface area contributed by atoms with E-state index in [4.69, 9.17) is 10.5 Å². The van der Waals surface area contributed by atoms with Crippen LogP contribution in [0.3, 0.4) is 0 Å². The summed E-state index contributed by atoms with van der Waals surface area (Å²) < 4.78 is 6.44. The SMILES string of the molecule is COC(=O)C(C)(C)Cn1ncc(N)c1C. The largest absolute Gasteiger partial charge is 0.469 e. The first kappa shape index (κ1) is 11.6. The number of nitrogens with zero attached hydrogens (tertiary/aromatic N) is 2. The van der Waals surface area contributed by atoms with E-state index in [9.17, 15) is 4.79 Å². The molecular weight excluding hydrogens is 194 g/mol. The van der Waals surface area contributed by atoms with Crippen molar-refractivity contribution in [3.8, 4) is 0 Å². The molecule has 0 radical (unpaired) electrons. The number of nitrogens with two attached hydrogens (primary N) is 1. The number of esters is 1. The van der Waals surface area contributed by atoms with E-state index in [0.717, 1.165) is 5.69 Å². The van der Waals surface area contributed by atoms with Gasteiger partial charge in [-0.1, -0.05) is 0 Å². The van der Waals surface area contributed by atoms with Crippen LogP contribution in [-0.2, 0) is 16.1 Å². The van der Waals surface area contributed by atoms with E-state index in [1.807, 2.05) is 20.8 Å². The van der Waals surface area contributed by atoms with Crippen molar-refractivity contribution in [2.45, 2.75) is 27.3 Å². The number of ether oxygens (including phenoxy) is 1. The van der Waals surface area contributed by atoms with Gasteiger partial charge >= 0.3 is 5.97 Å². The first-order valence-corrected chi connectivity index (χ1v) is 4.75. The van der Waals surface area contributed by atoms with Gasteiger partial charge < -0.3 is 10.5 Å². The highest BCUT2D eigenvalue weighted by Crippen LogP contribution is 2.21. The summed E-state index contributed by atoms with van der Waals surface area (Å²) in [5.41, 5.74) is 6.57. The number of carbonyl (C=O) groups is 1. The Labute approximate surface area is 89.2 Å². The first-order valence-electron chi connectivity index (χ1n) is 4.75. The number of methoxy groups -OCH3 is 1. The molecule has 0 aliphatic heterocycles. The van der Waals surface area contributed by atoms with Crippen molar-refractivity contribution in [3.63, 3.8) is 0 Å². The summed E-state index contributed by atoms with van der Waals surface area (Å²) in [4.78, 5) is 11.5. The summed E-state index contributed by atoms with van der Waals surface area (Å²) >= 11 is 0. The van der Waals surface area contributed by atoms with Crippen LogP contribution in [-0.4, -0.2) is 22.9 Å². The van der Waals surface area contributed by atoms with Gasteiger partial charge in [0.05, 0.1) is 36.6 Å². The van der Waals surface area contributed by atoms with E-state index in [-0.39, 0.29) is 5.97 Å².